The van der Waals surface area contributed by atoms with Crippen molar-refractivity contribution in [1.82, 2.24) is 0 Å². The molecule has 0 aliphatic rings. The molecule has 0 bridgehead atoms. The molecule has 0 radical (unpaired) electrons. The average molecular weight is 129 g/mol. The largest absolute Gasteiger partial charge is 0.372 e. The summed E-state index contributed by atoms with van der Waals surface area (Å²) in [5.41, 5.74) is 5.14. The van der Waals surface area contributed by atoms with Gasteiger partial charge in [0.1, 0.15) is 5.72 Å². The van der Waals surface area contributed by atoms with Gasteiger partial charge >= 0.3 is 0 Å². The van der Waals surface area contributed by atoms with E-state index in [1.807, 2.05) is 19.9 Å². The van der Waals surface area contributed by atoms with Crippen molar-refractivity contribution in [2.24, 2.45) is 5.73 Å². The lowest BCUT2D eigenvalue weighted by molar-refractivity contribution is 0.103. The molecular weight excluding hydrogens is 114 g/mol. The molecule has 0 spiro atoms. The zero-order chi connectivity index (χ0) is 7.49. The van der Waals surface area contributed by atoms with Crippen molar-refractivity contribution < 1.29 is 5.11 Å². The maximum Gasteiger partial charge on any atom is 0.132 e. The molecule has 2 nitrogen and oxygen atoms in total. The Bertz CT molecular complexity index is 111. The van der Waals surface area contributed by atoms with E-state index in [0.29, 0.717) is 0 Å². The quantitative estimate of drug-likeness (QED) is 0.432. The lowest BCUT2D eigenvalue weighted by Gasteiger charge is -2.19. The van der Waals surface area contributed by atoms with Crippen LogP contribution in [-0.2, 0) is 0 Å². The molecule has 2 heteroatoms. The Hall–Kier alpha value is -0.340. The maximum absolute atomic E-state index is 9.19. The first-order chi connectivity index (χ1) is 4.02. The van der Waals surface area contributed by atoms with Crippen LogP contribution >= 0.6 is 0 Å². The number of allylic oxidation sites excluding steroid dienone is 1. The summed E-state index contributed by atoms with van der Waals surface area (Å²) >= 11 is 0. The van der Waals surface area contributed by atoms with E-state index in [1.165, 1.54) is 0 Å². The number of aliphatic hydroxyl groups is 1. The van der Waals surface area contributed by atoms with Gasteiger partial charge in [-0.25, -0.2) is 0 Å². The van der Waals surface area contributed by atoms with Crippen molar-refractivity contribution in [3.8, 4) is 0 Å². The predicted molar refractivity (Wildman–Crippen MR) is 38.9 cm³/mol. The average Bonchev–Trinajstić information content (AvgIpc) is 1.65. The molecule has 0 fully saturated rings. The molecule has 1 atom stereocenters. The van der Waals surface area contributed by atoms with Gasteiger partial charge in [-0.15, -0.1) is 0 Å². The van der Waals surface area contributed by atoms with Gasteiger partial charge in [0.2, 0.25) is 0 Å². The van der Waals surface area contributed by atoms with Crippen LogP contribution in [0.25, 0.3) is 0 Å². The van der Waals surface area contributed by atoms with Gasteiger partial charge in [0.05, 0.1) is 0 Å². The fourth-order valence-corrected chi connectivity index (χ4v) is 0.854. The van der Waals surface area contributed by atoms with Crippen LogP contribution in [0, 0.1) is 0 Å². The third-order valence-corrected chi connectivity index (χ3v) is 1.38. The highest BCUT2D eigenvalue weighted by molar-refractivity contribution is 5.10. The summed E-state index contributed by atoms with van der Waals surface area (Å²) in [5.74, 6) is 0. The standard InChI is InChI=1S/C7H15NO/c1-4-6(5-2)7(3,8)9/h4,9H,5,8H2,1-3H3/b6-4-. The summed E-state index contributed by atoms with van der Waals surface area (Å²) in [6.45, 7) is 5.43. The predicted octanol–water partition coefficient (Wildman–Crippen LogP) is 1.01. The molecule has 0 aromatic rings. The van der Waals surface area contributed by atoms with Crippen LogP contribution in [0.3, 0.4) is 0 Å². The normalized spacial score (nSPS) is 19.4. The van der Waals surface area contributed by atoms with Crippen LogP contribution in [0.2, 0.25) is 0 Å². The van der Waals surface area contributed by atoms with Gasteiger partial charge in [0.25, 0.3) is 0 Å². The van der Waals surface area contributed by atoms with E-state index in [4.69, 9.17) is 5.73 Å². The van der Waals surface area contributed by atoms with Crippen molar-refractivity contribution in [3.63, 3.8) is 0 Å². The smallest absolute Gasteiger partial charge is 0.132 e. The molecule has 0 saturated heterocycles. The fourth-order valence-electron chi connectivity index (χ4n) is 0.854. The number of rotatable bonds is 2. The highest BCUT2D eigenvalue weighted by atomic mass is 16.3. The molecule has 0 aromatic carbocycles. The lowest BCUT2D eigenvalue weighted by atomic mass is 10.0. The molecule has 1 unspecified atom stereocenters. The Kier molecular flexibility index (Phi) is 2.88. The molecule has 54 valence electrons. The Morgan fingerprint density at radius 3 is 2.22 bits per heavy atom. The zero-order valence-corrected chi connectivity index (χ0v) is 6.31. The van der Waals surface area contributed by atoms with Gasteiger partial charge in [0.15, 0.2) is 0 Å². The summed E-state index contributed by atoms with van der Waals surface area (Å²) < 4.78 is 0. The first-order valence-electron chi connectivity index (χ1n) is 3.19. The second kappa shape index (κ2) is 2.99. The van der Waals surface area contributed by atoms with Crippen LogP contribution in [0.1, 0.15) is 27.2 Å². The van der Waals surface area contributed by atoms with Crippen molar-refractivity contribution in [2.45, 2.75) is 32.9 Å². The van der Waals surface area contributed by atoms with Gasteiger partial charge in [-0.1, -0.05) is 13.0 Å². The second-order valence-corrected chi connectivity index (χ2v) is 2.31. The first kappa shape index (κ1) is 8.66. The van der Waals surface area contributed by atoms with Crippen molar-refractivity contribution in [3.05, 3.63) is 11.6 Å². The Balaban J connectivity index is 4.14. The van der Waals surface area contributed by atoms with E-state index in [1.54, 1.807) is 6.92 Å². The molecule has 0 amide bonds. The summed E-state index contributed by atoms with van der Waals surface area (Å²) in [4.78, 5) is 0. The Morgan fingerprint density at radius 2 is 2.22 bits per heavy atom. The van der Waals surface area contributed by atoms with Crippen LogP contribution in [-0.4, -0.2) is 10.8 Å². The van der Waals surface area contributed by atoms with Crippen LogP contribution < -0.4 is 5.73 Å². The van der Waals surface area contributed by atoms with E-state index in [-0.39, 0.29) is 0 Å². The van der Waals surface area contributed by atoms with Crippen LogP contribution in [0.4, 0.5) is 0 Å². The van der Waals surface area contributed by atoms with Crippen molar-refractivity contribution >= 4 is 0 Å². The summed E-state index contributed by atoms with van der Waals surface area (Å²) in [6.07, 6.45) is 2.65. The fraction of sp³-hybridized carbons (Fsp3) is 0.714. The molecule has 0 heterocycles. The van der Waals surface area contributed by atoms with Crippen LogP contribution in [0.15, 0.2) is 11.6 Å². The van der Waals surface area contributed by atoms with E-state index >= 15 is 0 Å². The molecular formula is C7H15NO. The molecule has 9 heavy (non-hydrogen) atoms. The molecule has 0 aliphatic carbocycles. The summed E-state index contributed by atoms with van der Waals surface area (Å²) in [6, 6.07) is 0. The van der Waals surface area contributed by atoms with Crippen molar-refractivity contribution in [1.29, 1.82) is 0 Å². The van der Waals surface area contributed by atoms with E-state index in [2.05, 4.69) is 0 Å². The van der Waals surface area contributed by atoms with Crippen molar-refractivity contribution in [2.75, 3.05) is 0 Å². The third kappa shape index (κ3) is 2.63. The minimum atomic E-state index is -1.12. The minimum absolute atomic E-state index is 0.806. The zero-order valence-electron chi connectivity index (χ0n) is 6.31. The number of hydrogen-bond donors (Lipinski definition) is 2. The van der Waals surface area contributed by atoms with E-state index in [9.17, 15) is 5.11 Å². The monoisotopic (exact) mass is 129 g/mol. The van der Waals surface area contributed by atoms with Gasteiger partial charge in [-0.2, -0.15) is 0 Å². The number of nitrogens with two attached hydrogens (primary N) is 1. The van der Waals surface area contributed by atoms with E-state index in [0.717, 1.165) is 12.0 Å². The van der Waals surface area contributed by atoms with Gasteiger partial charge in [-0.05, 0) is 25.8 Å². The molecule has 0 saturated carbocycles. The molecule has 0 aromatic heterocycles. The highest BCUT2D eigenvalue weighted by Crippen LogP contribution is 2.12. The lowest BCUT2D eigenvalue weighted by Crippen LogP contribution is -2.37. The van der Waals surface area contributed by atoms with Gasteiger partial charge in [0, 0.05) is 0 Å². The molecule has 3 N–H and O–H groups in total. The minimum Gasteiger partial charge on any atom is -0.372 e. The maximum atomic E-state index is 9.19. The third-order valence-electron chi connectivity index (χ3n) is 1.38. The van der Waals surface area contributed by atoms with E-state index < -0.39 is 5.72 Å². The van der Waals surface area contributed by atoms with Gasteiger partial charge in [-0.3, -0.25) is 0 Å². The topological polar surface area (TPSA) is 46.2 Å². The van der Waals surface area contributed by atoms with Crippen LogP contribution in [0.5, 0.6) is 0 Å². The molecule has 0 rings (SSSR count). The first-order valence-corrected chi connectivity index (χ1v) is 3.19. The molecule has 0 aliphatic heterocycles. The highest BCUT2D eigenvalue weighted by Gasteiger charge is 2.16. The Morgan fingerprint density at radius 1 is 1.78 bits per heavy atom. The SMILES string of the molecule is C/C=C(/CC)C(C)(N)O. The summed E-state index contributed by atoms with van der Waals surface area (Å²) in [5, 5.41) is 9.19. The van der Waals surface area contributed by atoms with Gasteiger partial charge < -0.3 is 10.8 Å². The number of hydrogen-bond acceptors (Lipinski definition) is 2. The summed E-state index contributed by atoms with van der Waals surface area (Å²) in [7, 11) is 0. The Labute approximate surface area is 56.4 Å². The second-order valence-electron chi connectivity index (χ2n) is 2.31.